The molecule has 0 atom stereocenters. The Hall–Kier alpha value is -5.44. The standard InChI is InChI=1S/C63H70N4Si2/c1-7-27-49(28-8-1)68(50-29-9-2-10-30-50,51-31-11-3-12-32-51)55-39-23-25-47(45-55)61-64-62(66-63(65-61)67-59-43-21-19-41-57(59)58-42-20-22-44-60(58)67)48-26-24-40-56(46-48)69(52-33-13-4-14-34-52,53-35-15-5-16-36-53)54-37-17-6-18-38-54/h1,4,7-8,13-14,19-28,33-34,39-46,50-51,53-54H,2-3,5-6,9-12,15-18,29-32,35-38H2/i19D,20D,21D,22D,41D,42D,43D,44D. The summed E-state index contributed by atoms with van der Waals surface area (Å²) in [6.45, 7) is 0. The molecule has 4 saturated carbocycles. The molecule has 4 fully saturated rings. The lowest BCUT2D eigenvalue weighted by Gasteiger charge is -2.48. The fourth-order valence-corrected chi connectivity index (χ4v) is 28.8. The molecule has 0 unspecified atom stereocenters. The summed E-state index contributed by atoms with van der Waals surface area (Å²) in [6, 6.07) is 37.6. The van der Waals surface area contributed by atoms with Gasteiger partial charge in [0.2, 0.25) is 5.95 Å². The number of benzene rings is 6. The molecule has 0 bridgehead atoms. The summed E-state index contributed by atoms with van der Waals surface area (Å²) in [7, 11) is -5.02. The number of fused-ring (bicyclic) bond motifs is 3. The molecule has 350 valence electrons. The van der Waals surface area contributed by atoms with Crippen molar-refractivity contribution in [3.05, 3.63) is 158 Å². The Morgan fingerprint density at radius 2 is 0.725 bits per heavy atom. The minimum Gasteiger partial charge on any atom is -0.278 e. The summed E-state index contributed by atoms with van der Waals surface area (Å²) >= 11 is 0. The Morgan fingerprint density at radius 3 is 1.10 bits per heavy atom. The zero-order chi connectivity index (χ0) is 53.0. The molecule has 12 rings (SSSR count). The van der Waals surface area contributed by atoms with Gasteiger partial charge < -0.3 is 0 Å². The Bertz CT molecular complexity index is 3220. The molecule has 6 aromatic carbocycles. The van der Waals surface area contributed by atoms with Gasteiger partial charge >= 0.3 is 0 Å². The quantitative estimate of drug-likeness (QED) is 0.121. The van der Waals surface area contributed by atoms with Gasteiger partial charge in [-0.1, -0.05) is 295 Å². The SMILES string of the molecule is [2H]c1c([2H])c([2H])c2c(c1[2H])c1c([2H])c([2H])c([2H])c([2H])c1n2-c1nc(-c2cccc([Si](c3ccccc3)(C3CCCCC3)C3CCCCC3)c2)nc(-c2cccc([Si](c3ccccc3)(C3CCCCC3)C3CCCCC3)c2)n1. The lowest BCUT2D eigenvalue weighted by molar-refractivity contribution is 0.459. The molecule has 8 aromatic rings. The summed E-state index contributed by atoms with van der Waals surface area (Å²) in [4.78, 5) is 16.3. The molecule has 0 amide bonds. The minimum absolute atomic E-state index is 0.00111. The van der Waals surface area contributed by atoms with Crippen LogP contribution < -0.4 is 20.7 Å². The maximum Gasteiger partial charge on any atom is 0.238 e. The number of hydrogen-bond donors (Lipinski definition) is 0. The van der Waals surface area contributed by atoms with Crippen molar-refractivity contribution in [1.82, 2.24) is 19.5 Å². The van der Waals surface area contributed by atoms with Crippen LogP contribution in [0.5, 0.6) is 0 Å². The lowest BCUT2D eigenvalue weighted by atomic mass is 9.99. The lowest BCUT2D eigenvalue weighted by Crippen LogP contribution is -2.65. The first kappa shape index (κ1) is 36.5. The average molecular weight is 948 g/mol. The number of hydrogen-bond acceptors (Lipinski definition) is 3. The van der Waals surface area contributed by atoms with E-state index in [0.29, 0.717) is 33.8 Å². The van der Waals surface area contributed by atoms with Gasteiger partial charge in [0.05, 0.1) is 22.0 Å². The highest BCUT2D eigenvalue weighted by atomic mass is 28.3. The van der Waals surface area contributed by atoms with Gasteiger partial charge in [-0.2, -0.15) is 9.97 Å². The smallest absolute Gasteiger partial charge is 0.238 e. The van der Waals surface area contributed by atoms with E-state index in [4.69, 9.17) is 20.4 Å². The van der Waals surface area contributed by atoms with Crippen molar-refractivity contribution in [3.63, 3.8) is 0 Å². The zero-order valence-electron chi connectivity index (χ0n) is 48.1. The van der Waals surface area contributed by atoms with E-state index in [2.05, 4.69) is 109 Å². The molecule has 0 N–H and O–H groups in total. The third-order valence-electron chi connectivity index (χ3n) is 17.6. The van der Waals surface area contributed by atoms with Crippen molar-refractivity contribution in [3.8, 4) is 28.7 Å². The molecular formula is C63H70N4Si2. The van der Waals surface area contributed by atoms with E-state index in [1.165, 1.54) is 154 Å². The Kier molecular flexibility index (Phi) is 10.4. The van der Waals surface area contributed by atoms with Gasteiger partial charge in [-0.3, -0.25) is 4.57 Å². The normalized spacial score (nSPS) is 20.1. The molecule has 2 heterocycles. The van der Waals surface area contributed by atoms with Crippen molar-refractivity contribution in [2.24, 2.45) is 0 Å². The molecule has 0 spiro atoms. The van der Waals surface area contributed by atoms with Gasteiger partial charge in [0.15, 0.2) is 11.6 Å². The third-order valence-corrected chi connectivity index (χ3v) is 30.1. The fraction of sp³-hybridized carbons (Fsp3) is 0.381. The molecule has 6 heteroatoms. The highest BCUT2D eigenvalue weighted by Crippen LogP contribution is 2.50. The maximum absolute atomic E-state index is 9.49. The van der Waals surface area contributed by atoms with Crippen LogP contribution in [0.3, 0.4) is 0 Å². The van der Waals surface area contributed by atoms with Crippen LogP contribution in [0.15, 0.2) is 158 Å². The van der Waals surface area contributed by atoms with Crippen LogP contribution in [-0.4, -0.2) is 35.7 Å². The highest BCUT2D eigenvalue weighted by Gasteiger charge is 2.52. The van der Waals surface area contributed by atoms with Crippen LogP contribution in [0, 0.1) is 0 Å². The minimum atomic E-state index is -2.51. The van der Waals surface area contributed by atoms with Crippen LogP contribution >= 0.6 is 0 Å². The molecule has 4 nitrogen and oxygen atoms in total. The zero-order valence-corrected chi connectivity index (χ0v) is 42.1. The van der Waals surface area contributed by atoms with E-state index < -0.39 is 40.3 Å². The summed E-state index contributed by atoms with van der Waals surface area (Å²) in [6.07, 6.45) is 24.8. The summed E-state index contributed by atoms with van der Waals surface area (Å²) in [5, 5.41) is 5.79. The van der Waals surface area contributed by atoms with Crippen LogP contribution in [0.1, 0.15) is 139 Å². The molecule has 4 aliphatic carbocycles. The van der Waals surface area contributed by atoms with E-state index in [1.807, 2.05) is 0 Å². The van der Waals surface area contributed by atoms with E-state index in [1.54, 1.807) is 0 Å². The molecule has 0 radical (unpaired) electrons. The Labute approximate surface area is 424 Å². The number of rotatable bonds is 11. The monoisotopic (exact) mass is 947 g/mol. The van der Waals surface area contributed by atoms with Gasteiger partial charge in [-0.25, -0.2) is 4.98 Å². The fourth-order valence-electron chi connectivity index (χ4n) is 14.7. The first-order valence-corrected chi connectivity index (χ1v) is 31.0. The number of para-hydroxylation sites is 2. The number of nitrogens with zero attached hydrogens (tertiary/aromatic N) is 4. The largest absolute Gasteiger partial charge is 0.278 e. The second-order valence-corrected chi connectivity index (χ2v) is 30.1. The van der Waals surface area contributed by atoms with Gasteiger partial charge in [0, 0.05) is 21.9 Å². The molecule has 4 aliphatic rings. The summed E-state index contributed by atoms with van der Waals surface area (Å²) in [5.41, 5.74) is 3.96. The molecule has 0 saturated heterocycles. The second-order valence-electron chi connectivity index (χ2n) is 21.0. The third kappa shape index (κ3) is 8.08. The topological polar surface area (TPSA) is 43.6 Å². The van der Waals surface area contributed by atoms with Crippen LogP contribution in [0.2, 0.25) is 22.2 Å². The Morgan fingerprint density at radius 1 is 0.377 bits per heavy atom. The van der Waals surface area contributed by atoms with Gasteiger partial charge in [-0.05, 0) is 34.2 Å². The second kappa shape index (κ2) is 19.8. The van der Waals surface area contributed by atoms with Crippen molar-refractivity contribution >= 4 is 58.7 Å². The predicted octanol–water partition coefficient (Wildman–Crippen LogP) is 14.8. The van der Waals surface area contributed by atoms with Crippen molar-refractivity contribution in [2.75, 3.05) is 0 Å². The highest BCUT2D eigenvalue weighted by molar-refractivity contribution is 7.05. The summed E-state index contributed by atoms with van der Waals surface area (Å²) in [5.74, 6) is 0.847. The predicted molar refractivity (Wildman–Crippen MR) is 295 cm³/mol. The van der Waals surface area contributed by atoms with Gasteiger partial charge in [-0.15, -0.1) is 0 Å². The van der Waals surface area contributed by atoms with Crippen molar-refractivity contribution in [1.29, 1.82) is 0 Å². The van der Waals surface area contributed by atoms with E-state index in [0.717, 1.165) is 11.1 Å². The van der Waals surface area contributed by atoms with E-state index in [-0.39, 0.29) is 51.9 Å². The first-order valence-electron chi connectivity index (χ1n) is 30.6. The first-order chi connectivity index (χ1) is 37.5. The van der Waals surface area contributed by atoms with Crippen LogP contribution in [0.4, 0.5) is 0 Å². The van der Waals surface area contributed by atoms with E-state index in [9.17, 15) is 5.48 Å². The summed E-state index contributed by atoms with van der Waals surface area (Å²) < 4.78 is 74.5. The van der Waals surface area contributed by atoms with Gasteiger partial charge in [0.1, 0.15) is 16.1 Å². The Balaban J connectivity index is 1.15. The molecular weight excluding hydrogens is 869 g/mol. The molecule has 2 aromatic heterocycles. The van der Waals surface area contributed by atoms with Crippen LogP contribution in [0.25, 0.3) is 50.5 Å². The molecule has 0 aliphatic heterocycles. The van der Waals surface area contributed by atoms with Crippen molar-refractivity contribution in [2.45, 2.75) is 151 Å². The van der Waals surface area contributed by atoms with E-state index >= 15 is 0 Å². The molecule has 69 heavy (non-hydrogen) atoms. The van der Waals surface area contributed by atoms with Crippen LogP contribution in [-0.2, 0) is 0 Å². The van der Waals surface area contributed by atoms with Gasteiger partial charge in [0.25, 0.3) is 0 Å². The number of aromatic nitrogens is 4. The average Bonchev–Trinajstić information content (AvgIpc) is 4.02. The maximum atomic E-state index is 9.49. The van der Waals surface area contributed by atoms with Crippen molar-refractivity contribution < 1.29 is 11.0 Å².